The lowest BCUT2D eigenvalue weighted by Gasteiger charge is -2.24. The van der Waals surface area contributed by atoms with Gasteiger partial charge in [-0.15, -0.1) is 11.8 Å². The molecule has 0 bridgehead atoms. The molecular weight excluding hydrogens is 621 g/mol. The first-order valence-electron chi connectivity index (χ1n) is 15.9. The van der Waals surface area contributed by atoms with E-state index >= 15 is 0 Å². The predicted molar refractivity (Wildman–Crippen MR) is 192 cm³/mol. The van der Waals surface area contributed by atoms with Gasteiger partial charge in [-0.1, -0.05) is 69.3 Å². The summed E-state index contributed by atoms with van der Waals surface area (Å²) in [6.45, 7) is 10.9. The Morgan fingerprint density at radius 1 is 0.896 bits per heavy atom. The molecule has 48 heavy (non-hydrogen) atoms. The zero-order valence-corrected chi connectivity index (χ0v) is 29.0. The van der Waals surface area contributed by atoms with Crippen LogP contribution in [-0.4, -0.2) is 42.5 Å². The minimum atomic E-state index is -0.996. The van der Waals surface area contributed by atoms with Gasteiger partial charge in [0.1, 0.15) is 23.8 Å². The van der Waals surface area contributed by atoms with Crippen molar-refractivity contribution >= 4 is 39.7 Å². The van der Waals surface area contributed by atoms with Crippen molar-refractivity contribution in [2.75, 3.05) is 7.11 Å². The number of benzene rings is 2. The lowest BCUT2D eigenvalue weighted by atomic mass is 9.88. The fraction of sp³-hybridized carbons (Fsp3) is 0.282. The van der Waals surface area contributed by atoms with Crippen LogP contribution in [0.4, 0.5) is 0 Å². The number of nitrogens with zero attached hydrogens (tertiary/aromatic N) is 4. The molecule has 246 valence electrons. The van der Waals surface area contributed by atoms with E-state index in [2.05, 4.69) is 60.7 Å². The maximum Gasteiger partial charge on any atom is 0.309 e. The number of carbonyl (C=O) groups is 1. The summed E-state index contributed by atoms with van der Waals surface area (Å²) in [6.07, 6.45) is 3.79. The van der Waals surface area contributed by atoms with Crippen LogP contribution in [-0.2, 0) is 24.4 Å². The summed E-state index contributed by atoms with van der Waals surface area (Å²) in [5.41, 5.74) is 5.40. The van der Waals surface area contributed by atoms with E-state index in [-0.39, 0.29) is 4.75 Å². The van der Waals surface area contributed by atoms with Crippen LogP contribution in [0.5, 0.6) is 11.5 Å². The summed E-state index contributed by atoms with van der Waals surface area (Å²) in [4.78, 5) is 27.6. The van der Waals surface area contributed by atoms with Gasteiger partial charge in [0.2, 0.25) is 0 Å². The predicted octanol–water partition coefficient (Wildman–Crippen LogP) is 8.83. The number of hydrogen-bond donors (Lipinski definition) is 1. The van der Waals surface area contributed by atoms with E-state index in [1.54, 1.807) is 45.1 Å². The monoisotopic (exact) mass is 660 g/mol. The molecule has 6 aromatic rings. The highest BCUT2D eigenvalue weighted by molar-refractivity contribution is 8.00. The highest BCUT2D eigenvalue weighted by Crippen LogP contribution is 2.43. The average Bonchev–Trinajstić information content (AvgIpc) is 3.33. The smallest absolute Gasteiger partial charge is 0.309 e. The second kappa shape index (κ2) is 13.3. The molecule has 1 N–H and O–H groups in total. The van der Waals surface area contributed by atoms with Crippen molar-refractivity contribution < 1.29 is 19.4 Å². The second-order valence-corrected chi connectivity index (χ2v) is 15.4. The number of aliphatic carboxylic acids is 1. The Labute approximate surface area is 285 Å². The van der Waals surface area contributed by atoms with Crippen molar-refractivity contribution in [3.8, 4) is 22.8 Å². The number of pyridine rings is 3. The van der Waals surface area contributed by atoms with Gasteiger partial charge in [-0.2, -0.15) is 0 Å². The Balaban J connectivity index is 1.38. The molecule has 0 radical (unpaired) electrons. The Hall–Kier alpha value is -4.89. The van der Waals surface area contributed by atoms with Crippen LogP contribution in [0.3, 0.4) is 0 Å². The largest absolute Gasteiger partial charge is 0.495 e. The molecule has 4 heterocycles. The SMILES string of the molecule is COc1ccc(-c2ccc(Cn3c(CC(C)(C)C(=O)O)c(SC(C)(C)C)c4cc(OCc5ccc6ccccc6n5)cnc43)cc2)nc1. The number of para-hydroxylation sites is 1. The van der Waals surface area contributed by atoms with Crippen molar-refractivity contribution in [1.82, 2.24) is 19.5 Å². The van der Waals surface area contributed by atoms with Gasteiger partial charge in [-0.3, -0.25) is 9.78 Å². The summed E-state index contributed by atoms with van der Waals surface area (Å²) in [6, 6.07) is 26.2. The van der Waals surface area contributed by atoms with Gasteiger partial charge in [-0.05, 0) is 49.7 Å². The summed E-state index contributed by atoms with van der Waals surface area (Å²) in [7, 11) is 1.63. The number of rotatable bonds is 11. The minimum Gasteiger partial charge on any atom is -0.495 e. The number of carboxylic acids is 1. The van der Waals surface area contributed by atoms with Crippen LogP contribution in [0.1, 0.15) is 51.6 Å². The zero-order valence-electron chi connectivity index (χ0n) is 28.2. The Morgan fingerprint density at radius 3 is 2.33 bits per heavy atom. The van der Waals surface area contributed by atoms with E-state index < -0.39 is 11.4 Å². The fourth-order valence-electron chi connectivity index (χ4n) is 5.55. The molecule has 0 aliphatic rings. The van der Waals surface area contributed by atoms with Crippen molar-refractivity contribution in [3.63, 3.8) is 0 Å². The molecule has 0 fully saturated rings. The van der Waals surface area contributed by atoms with Gasteiger partial charge in [0.05, 0.1) is 41.8 Å². The molecule has 8 nitrogen and oxygen atoms in total. The fourth-order valence-corrected chi connectivity index (χ4v) is 6.72. The van der Waals surface area contributed by atoms with E-state index in [0.29, 0.717) is 31.1 Å². The zero-order chi connectivity index (χ0) is 34.1. The van der Waals surface area contributed by atoms with Crippen LogP contribution in [0.15, 0.2) is 96.2 Å². The minimum absolute atomic E-state index is 0.139. The van der Waals surface area contributed by atoms with E-state index in [1.165, 1.54) is 0 Å². The molecule has 9 heteroatoms. The molecule has 0 saturated heterocycles. The van der Waals surface area contributed by atoms with Crippen LogP contribution >= 0.6 is 11.8 Å². The summed E-state index contributed by atoms with van der Waals surface area (Å²) in [5.74, 6) is 0.495. The Kier molecular flexibility index (Phi) is 9.16. The van der Waals surface area contributed by atoms with Gasteiger partial charge in [0, 0.05) is 44.6 Å². The molecule has 0 aliphatic heterocycles. The highest BCUT2D eigenvalue weighted by Gasteiger charge is 2.33. The van der Waals surface area contributed by atoms with Crippen molar-refractivity contribution in [1.29, 1.82) is 0 Å². The van der Waals surface area contributed by atoms with E-state index in [0.717, 1.165) is 55.0 Å². The van der Waals surface area contributed by atoms with Crippen LogP contribution < -0.4 is 9.47 Å². The van der Waals surface area contributed by atoms with Crippen molar-refractivity contribution in [2.45, 2.75) is 63.8 Å². The third-order valence-corrected chi connectivity index (χ3v) is 9.40. The van der Waals surface area contributed by atoms with Crippen LogP contribution in [0.2, 0.25) is 0 Å². The molecule has 0 spiro atoms. The highest BCUT2D eigenvalue weighted by atomic mass is 32.2. The second-order valence-electron chi connectivity index (χ2n) is 13.5. The standard InChI is InChI=1S/C39H40N4O4S/c1-38(2,3)48-35-31-19-30(47-24-28-16-15-26-9-7-8-10-33(26)42-28)22-41-36(31)43(34(35)20-39(4,5)37(44)45)23-25-11-13-27(14-12-25)32-18-17-29(46-6)21-40-32/h7-19,21-22H,20,23-24H2,1-6H3,(H,44,45). The topological polar surface area (TPSA) is 99.4 Å². The first-order chi connectivity index (χ1) is 22.9. The maximum absolute atomic E-state index is 12.4. The average molecular weight is 661 g/mol. The molecule has 4 aromatic heterocycles. The first-order valence-corrected chi connectivity index (χ1v) is 16.7. The molecule has 0 unspecified atom stereocenters. The number of methoxy groups -OCH3 is 1. The summed E-state index contributed by atoms with van der Waals surface area (Å²) in [5, 5.41) is 12.2. The van der Waals surface area contributed by atoms with E-state index in [9.17, 15) is 9.90 Å². The van der Waals surface area contributed by atoms with Crippen LogP contribution in [0.25, 0.3) is 33.2 Å². The molecule has 0 amide bonds. The van der Waals surface area contributed by atoms with E-state index in [1.807, 2.05) is 48.5 Å². The van der Waals surface area contributed by atoms with Gasteiger partial charge >= 0.3 is 5.97 Å². The lowest BCUT2D eigenvalue weighted by Crippen LogP contribution is -2.28. The first kappa shape index (κ1) is 33.0. The van der Waals surface area contributed by atoms with Gasteiger partial charge in [0.25, 0.3) is 0 Å². The Morgan fingerprint density at radius 2 is 1.65 bits per heavy atom. The number of carboxylic acid groups (broad SMARTS) is 1. The number of ether oxygens (including phenoxy) is 2. The normalized spacial score (nSPS) is 12.0. The molecule has 2 aromatic carbocycles. The third-order valence-electron chi connectivity index (χ3n) is 8.13. The van der Waals surface area contributed by atoms with Crippen molar-refractivity contribution in [3.05, 3.63) is 108 Å². The molecule has 0 saturated carbocycles. The summed E-state index contributed by atoms with van der Waals surface area (Å²) < 4.78 is 13.5. The number of thioether (sulfide) groups is 1. The molecule has 0 atom stereocenters. The third kappa shape index (κ3) is 7.31. The maximum atomic E-state index is 12.4. The van der Waals surface area contributed by atoms with Gasteiger partial charge in [-0.25, -0.2) is 9.97 Å². The van der Waals surface area contributed by atoms with E-state index in [4.69, 9.17) is 19.4 Å². The Bertz CT molecular complexity index is 2080. The number of hydrogen-bond acceptors (Lipinski definition) is 7. The van der Waals surface area contributed by atoms with Crippen LogP contribution in [0, 0.1) is 5.41 Å². The van der Waals surface area contributed by atoms with Crippen molar-refractivity contribution in [2.24, 2.45) is 5.41 Å². The summed E-state index contributed by atoms with van der Waals surface area (Å²) >= 11 is 1.73. The molecule has 6 rings (SSSR count). The number of fused-ring (bicyclic) bond motifs is 2. The number of aromatic nitrogens is 4. The quantitative estimate of drug-likeness (QED) is 0.138. The van der Waals surface area contributed by atoms with Gasteiger partial charge in [0.15, 0.2) is 0 Å². The molecular formula is C39H40N4O4S. The molecule has 0 aliphatic carbocycles. The lowest BCUT2D eigenvalue weighted by molar-refractivity contribution is -0.146. The van der Waals surface area contributed by atoms with Gasteiger partial charge < -0.3 is 19.1 Å².